The van der Waals surface area contributed by atoms with Crippen molar-refractivity contribution >= 4 is 17.7 Å². The van der Waals surface area contributed by atoms with Crippen molar-refractivity contribution in [1.82, 2.24) is 10.2 Å². The highest BCUT2D eigenvalue weighted by molar-refractivity contribution is 7.98. The summed E-state index contributed by atoms with van der Waals surface area (Å²) in [7, 11) is 0. The molecule has 0 aliphatic carbocycles. The summed E-state index contributed by atoms with van der Waals surface area (Å²) in [4.78, 5) is 7.09. The second kappa shape index (κ2) is 10.6. The molecule has 0 radical (unpaired) electrons. The Labute approximate surface area is 144 Å². The lowest BCUT2D eigenvalue weighted by Gasteiger charge is -2.21. The third-order valence-corrected chi connectivity index (χ3v) is 4.53. The number of hydrogen-bond donors (Lipinski definition) is 1. The van der Waals surface area contributed by atoms with Crippen LogP contribution in [-0.4, -0.2) is 55.7 Å². The van der Waals surface area contributed by atoms with Crippen molar-refractivity contribution in [2.24, 2.45) is 10.9 Å². The van der Waals surface area contributed by atoms with Gasteiger partial charge in [-0.1, -0.05) is 30.3 Å². The van der Waals surface area contributed by atoms with Crippen molar-refractivity contribution in [3.8, 4) is 0 Å². The third-order valence-electron chi connectivity index (χ3n) is 3.94. The van der Waals surface area contributed by atoms with Gasteiger partial charge in [0.25, 0.3) is 0 Å². The first-order valence-corrected chi connectivity index (χ1v) is 9.86. The number of ether oxygens (including phenoxy) is 1. The van der Waals surface area contributed by atoms with E-state index in [4.69, 9.17) is 9.73 Å². The normalized spacial score (nSPS) is 18.4. The number of rotatable bonds is 8. The largest absolute Gasteiger partial charge is 0.376 e. The average Bonchev–Trinajstić information content (AvgIpc) is 3.04. The zero-order valence-electron chi connectivity index (χ0n) is 14.3. The number of likely N-dealkylation sites (tertiary alicyclic amines) is 1. The number of hydrogen-bond acceptors (Lipinski definition) is 3. The molecule has 1 aromatic carbocycles. The van der Waals surface area contributed by atoms with Gasteiger partial charge < -0.3 is 15.0 Å². The van der Waals surface area contributed by atoms with E-state index < -0.39 is 0 Å². The van der Waals surface area contributed by atoms with Crippen molar-refractivity contribution in [3.63, 3.8) is 0 Å². The Balaban J connectivity index is 1.74. The molecule has 1 aliphatic rings. The molecule has 0 amide bonds. The number of nitrogens with zero attached hydrogens (tertiary/aromatic N) is 2. The van der Waals surface area contributed by atoms with Crippen molar-refractivity contribution in [3.05, 3.63) is 35.9 Å². The van der Waals surface area contributed by atoms with Crippen LogP contribution in [0.15, 0.2) is 35.3 Å². The summed E-state index contributed by atoms with van der Waals surface area (Å²) < 4.78 is 5.90. The number of thioether (sulfide) groups is 1. The Morgan fingerprint density at radius 2 is 2.22 bits per heavy atom. The van der Waals surface area contributed by atoms with E-state index in [0.717, 1.165) is 44.5 Å². The minimum atomic E-state index is 0.600. The summed E-state index contributed by atoms with van der Waals surface area (Å²) in [5, 5.41) is 3.41. The highest BCUT2D eigenvalue weighted by Gasteiger charge is 2.24. The van der Waals surface area contributed by atoms with Gasteiger partial charge in [-0.2, -0.15) is 11.8 Å². The topological polar surface area (TPSA) is 36.9 Å². The van der Waals surface area contributed by atoms with Crippen molar-refractivity contribution < 1.29 is 4.74 Å². The van der Waals surface area contributed by atoms with Gasteiger partial charge in [0.15, 0.2) is 5.96 Å². The van der Waals surface area contributed by atoms with Crippen LogP contribution >= 0.6 is 11.8 Å². The highest BCUT2D eigenvalue weighted by Crippen LogP contribution is 2.17. The molecule has 1 N–H and O–H groups in total. The Morgan fingerprint density at radius 3 is 2.96 bits per heavy atom. The summed E-state index contributed by atoms with van der Waals surface area (Å²) in [5.74, 6) is 2.74. The van der Waals surface area contributed by atoms with Crippen LogP contribution in [0.5, 0.6) is 0 Å². The monoisotopic (exact) mass is 335 g/mol. The molecule has 23 heavy (non-hydrogen) atoms. The summed E-state index contributed by atoms with van der Waals surface area (Å²) in [5.41, 5.74) is 1.24. The predicted molar refractivity (Wildman–Crippen MR) is 100 cm³/mol. The first kappa shape index (κ1) is 18.1. The lowest BCUT2D eigenvalue weighted by atomic mass is 10.1. The Kier molecular flexibility index (Phi) is 8.32. The third kappa shape index (κ3) is 6.43. The second-order valence-corrected chi connectivity index (χ2v) is 6.82. The molecular weight excluding hydrogens is 306 g/mol. The molecule has 1 saturated heterocycles. The number of aliphatic imine (C=N–C) groups is 1. The molecule has 1 heterocycles. The number of guanidine groups is 1. The molecule has 1 atom stereocenters. The zero-order chi connectivity index (χ0) is 16.3. The lowest BCUT2D eigenvalue weighted by molar-refractivity contribution is 0.0907. The fourth-order valence-electron chi connectivity index (χ4n) is 2.75. The van der Waals surface area contributed by atoms with E-state index in [-0.39, 0.29) is 0 Å². The summed E-state index contributed by atoms with van der Waals surface area (Å²) in [6.07, 6.45) is 3.31. The molecule has 0 bridgehead atoms. The van der Waals surface area contributed by atoms with Gasteiger partial charge in [0.05, 0.1) is 19.8 Å². The minimum Gasteiger partial charge on any atom is -0.376 e. The number of nitrogens with one attached hydrogen (secondary N) is 1. The fraction of sp³-hybridized carbons (Fsp3) is 0.611. The lowest BCUT2D eigenvalue weighted by Crippen LogP contribution is -2.40. The van der Waals surface area contributed by atoms with Gasteiger partial charge in [0.2, 0.25) is 0 Å². The molecule has 1 unspecified atom stereocenters. The molecule has 4 nitrogen and oxygen atoms in total. The molecule has 2 rings (SSSR count). The Morgan fingerprint density at radius 1 is 1.39 bits per heavy atom. The van der Waals surface area contributed by atoms with Gasteiger partial charge >= 0.3 is 0 Å². The van der Waals surface area contributed by atoms with Crippen LogP contribution in [0.1, 0.15) is 18.9 Å². The molecule has 5 heteroatoms. The molecule has 0 saturated carbocycles. The van der Waals surface area contributed by atoms with Crippen LogP contribution in [0.4, 0.5) is 0 Å². The second-order valence-electron chi connectivity index (χ2n) is 5.83. The van der Waals surface area contributed by atoms with Crippen LogP contribution in [0.3, 0.4) is 0 Å². The van der Waals surface area contributed by atoms with Gasteiger partial charge in [-0.3, -0.25) is 4.99 Å². The van der Waals surface area contributed by atoms with E-state index in [1.807, 2.05) is 17.8 Å². The van der Waals surface area contributed by atoms with Crippen LogP contribution in [-0.2, 0) is 11.3 Å². The van der Waals surface area contributed by atoms with E-state index in [0.29, 0.717) is 12.5 Å². The average molecular weight is 336 g/mol. The zero-order valence-corrected chi connectivity index (χ0v) is 15.1. The molecule has 0 spiro atoms. The van der Waals surface area contributed by atoms with Gasteiger partial charge in [-0.05, 0) is 25.2 Å². The van der Waals surface area contributed by atoms with E-state index in [1.165, 1.54) is 12.0 Å². The van der Waals surface area contributed by atoms with Gasteiger partial charge in [-0.15, -0.1) is 0 Å². The Bertz CT molecular complexity index is 467. The van der Waals surface area contributed by atoms with Crippen LogP contribution < -0.4 is 5.32 Å². The van der Waals surface area contributed by atoms with Crippen LogP contribution in [0.25, 0.3) is 0 Å². The molecule has 1 fully saturated rings. The van der Waals surface area contributed by atoms with Gasteiger partial charge in [-0.25, -0.2) is 0 Å². The Hall–Kier alpha value is -1.20. The fourth-order valence-corrected chi connectivity index (χ4v) is 3.02. The van der Waals surface area contributed by atoms with Crippen LogP contribution in [0, 0.1) is 5.92 Å². The van der Waals surface area contributed by atoms with Crippen molar-refractivity contribution in [1.29, 1.82) is 0 Å². The summed E-state index contributed by atoms with van der Waals surface area (Å²) in [6.45, 7) is 7.58. The summed E-state index contributed by atoms with van der Waals surface area (Å²) >= 11 is 1.84. The smallest absolute Gasteiger partial charge is 0.193 e. The highest BCUT2D eigenvalue weighted by atomic mass is 32.2. The predicted octanol–water partition coefficient (Wildman–Crippen LogP) is 2.85. The quantitative estimate of drug-likeness (QED) is 0.450. The van der Waals surface area contributed by atoms with Crippen molar-refractivity contribution in [2.45, 2.75) is 20.0 Å². The van der Waals surface area contributed by atoms with E-state index in [2.05, 4.69) is 47.7 Å². The van der Waals surface area contributed by atoms with Crippen LogP contribution in [0.2, 0.25) is 0 Å². The molecule has 0 aromatic heterocycles. The molecule has 128 valence electrons. The molecular formula is C18H29N3OS. The number of benzene rings is 1. The molecule has 1 aliphatic heterocycles. The SMILES string of the molecule is CCNC(=NCCSC)N1CCC(COCc2ccccc2)C1. The van der Waals surface area contributed by atoms with E-state index in [9.17, 15) is 0 Å². The van der Waals surface area contributed by atoms with Crippen molar-refractivity contribution in [2.75, 3.05) is 44.8 Å². The van der Waals surface area contributed by atoms with Gasteiger partial charge in [0.1, 0.15) is 0 Å². The first-order chi connectivity index (χ1) is 11.3. The maximum atomic E-state index is 5.90. The molecule has 1 aromatic rings. The first-order valence-electron chi connectivity index (χ1n) is 8.47. The standard InChI is InChI=1S/C18H29N3OS/c1-3-19-18(20-10-12-23-2)21-11-9-17(13-21)15-22-14-16-7-5-4-6-8-16/h4-8,17H,3,9-15H2,1-2H3,(H,19,20). The summed E-state index contributed by atoms with van der Waals surface area (Å²) in [6, 6.07) is 10.4. The van der Waals surface area contributed by atoms with E-state index >= 15 is 0 Å². The van der Waals surface area contributed by atoms with Gasteiger partial charge in [0, 0.05) is 31.3 Å². The maximum absolute atomic E-state index is 5.90. The minimum absolute atomic E-state index is 0.600. The van der Waals surface area contributed by atoms with E-state index in [1.54, 1.807) is 0 Å². The maximum Gasteiger partial charge on any atom is 0.193 e.